The third-order valence-electron chi connectivity index (χ3n) is 3.79. The van der Waals surface area contributed by atoms with Gasteiger partial charge in [0.05, 0.1) is 18.4 Å². The van der Waals surface area contributed by atoms with E-state index in [9.17, 15) is 9.59 Å². The zero-order chi connectivity index (χ0) is 18.1. The summed E-state index contributed by atoms with van der Waals surface area (Å²) in [6.45, 7) is 3.31. The monoisotopic (exact) mass is 345 g/mol. The van der Waals surface area contributed by atoms with Crippen LogP contribution in [0, 0.1) is 6.92 Å². The fraction of sp³-hybridized carbons (Fsp3) is 0.389. The van der Waals surface area contributed by atoms with E-state index < -0.39 is 0 Å². The molecule has 1 N–H and O–H groups in total. The Morgan fingerprint density at radius 1 is 1.24 bits per heavy atom. The smallest absolute Gasteiger partial charge is 0.257 e. The second kappa shape index (κ2) is 9.58. The second-order valence-corrected chi connectivity index (χ2v) is 5.56. The Bertz CT molecular complexity index is 685. The van der Waals surface area contributed by atoms with Crippen molar-refractivity contribution in [3.63, 3.8) is 0 Å². The molecule has 0 radical (unpaired) electrons. The molecule has 25 heavy (non-hydrogen) atoms. The minimum absolute atomic E-state index is 0.115. The van der Waals surface area contributed by atoms with Crippen LogP contribution in [0.3, 0.4) is 0 Å². The lowest BCUT2D eigenvalue weighted by Crippen LogP contribution is -2.37. The number of amides is 2. The molecule has 2 aromatic rings. The molecular formula is C18H23N3O4. The van der Waals surface area contributed by atoms with Crippen molar-refractivity contribution in [1.29, 1.82) is 0 Å². The predicted octanol–water partition coefficient (Wildman–Crippen LogP) is 1.78. The van der Waals surface area contributed by atoms with Crippen molar-refractivity contribution < 1.29 is 18.7 Å². The van der Waals surface area contributed by atoms with Crippen LogP contribution in [0.15, 0.2) is 41.3 Å². The molecule has 0 bridgehead atoms. The second-order valence-electron chi connectivity index (χ2n) is 5.56. The lowest BCUT2D eigenvalue weighted by Gasteiger charge is -2.22. The van der Waals surface area contributed by atoms with Gasteiger partial charge in [-0.25, -0.2) is 0 Å². The average molecular weight is 345 g/mol. The van der Waals surface area contributed by atoms with Crippen LogP contribution in [0.25, 0.3) is 0 Å². The van der Waals surface area contributed by atoms with Gasteiger partial charge in [0.25, 0.3) is 5.91 Å². The number of nitrogens with one attached hydrogen (secondary N) is 1. The highest BCUT2D eigenvalue weighted by molar-refractivity contribution is 5.95. The highest BCUT2D eigenvalue weighted by Crippen LogP contribution is 2.12. The van der Waals surface area contributed by atoms with Crippen LogP contribution in [0.4, 0.5) is 0 Å². The lowest BCUT2D eigenvalue weighted by atomic mass is 10.2. The number of furan rings is 1. The van der Waals surface area contributed by atoms with Gasteiger partial charge in [-0.2, -0.15) is 0 Å². The van der Waals surface area contributed by atoms with Gasteiger partial charge in [-0.05, 0) is 30.7 Å². The van der Waals surface area contributed by atoms with Crippen molar-refractivity contribution in [2.75, 3.05) is 26.8 Å². The molecular weight excluding hydrogens is 322 g/mol. The molecule has 2 rings (SSSR count). The molecule has 0 aliphatic heterocycles. The van der Waals surface area contributed by atoms with Crippen molar-refractivity contribution in [3.05, 3.63) is 53.7 Å². The van der Waals surface area contributed by atoms with E-state index in [0.717, 1.165) is 5.56 Å². The van der Waals surface area contributed by atoms with E-state index in [1.54, 1.807) is 37.4 Å². The van der Waals surface area contributed by atoms with E-state index in [1.165, 1.54) is 6.26 Å². The highest BCUT2D eigenvalue weighted by Gasteiger charge is 2.20. The standard InChI is InChI=1S/C18H23N3O4/c1-14-16(6-11-25-14)18(23)21(10-12-24-2)9-5-17(22)20-13-15-3-7-19-8-4-15/h3-4,6-8,11H,5,9-10,12-13H2,1-2H3,(H,20,22). The van der Waals surface area contributed by atoms with E-state index in [0.29, 0.717) is 37.6 Å². The molecule has 0 unspecified atom stereocenters. The fourth-order valence-corrected chi connectivity index (χ4v) is 2.32. The molecule has 0 fully saturated rings. The van der Waals surface area contributed by atoms with Crippen molar-refractivity contribution >= 4 is 11.8 Å². The Morgan fingerprint density at radius 2 is 2.00 bits per heavy atom. The number of hydrogen-bond donors (Lipinski definition) is 1. The minimum Gasteiger partial charge on any atom is -0.469 e. The van der Waals surface area contributed by atoms with Crippen LogP contribution in [0.2, 0.25) is 0 Å². The average Bonchev–Trinajstić information content (AvgIpc) is 3.06. The maximum absolute atomic E-state index is 12.6. The fourth-order valence-electron chi connectivity index (χ4n) is 2.32. The summed E-state index contributed by atoms with van der Waals surface area (Å²) in [6, 6.07) is 5.33. The highest BCUT2D eigenvalue weighted by atomic mass is 16.5. The summed E-state index contributed by atoms with van der Waals surface area (Å²) in [5, 5.41) is 2.84. The van der Waals surface area contributed by atoms with E-state index in [4.69, 9.17) is 9.15 Å². The van der Waals surface area contributed by atoms with Crippen molar-refractivity contribution in [3.8, 4) is 0 Å². The number of aryl methyl sites for hydroxylation is 1. The molecule has 0 spiro atoms. The van der Waals surface area contributed by atoms with Gasteiger partial charge < -0.3 is 19.4 Å². The molecule has 7 nitrogen and oxygen atoms in total. The molecule has 0 aromatic carbocycles. The van der Waals surface area contributed by atoms with E-state index in [1.807, 2.05) is 12.1 Å². The number of aromatic nitrogens is 1. The molecule has 134 valence electrons. The van der Waals surface area contributed by atoms with Gasteiger partial charge >= 0.3 is 0 Å². The van der Waals surface area contributed by atoms with Crippen molar-refractivity contribution in [1.82, 2.24) is 15.2 Å². The van der Waals surface area contributed by atoms with Gasteiger partial charge in [-0.3, -0.25) is 14.6 Å². The topological polar surface area (TPSA) is 84.7 Å². The zero-order valence-electron chi connectivity index (χ0n) is 14.5. The molecule has 2 heterocycles. The van der Waals surface area contributed by atoms with Crippen LogP contribution in [0.5, 0.6) is 0 Å². The number of hydrogen-bond acceptors (Lipinski definition) is 5. The van der Waals surface area contributed by atoms with Crippen LogP contribution < -0.4 is 5.32 Å². The molecule has 2 amide bonds. The Labute approximate surface area is 147 Å². The molecule has 7 heteroatoms. The van der Waals surface area contributed by atoms with Crippen LogP contribution in [-0.4, -0.2) is 48.5 Å². The summed E-state index contributed by atoms with van der Waals surface area (Å²) >= 11 is 0. The van der Waals surface area contributed by atoms with E-state index >= 15 is 0 Å². The summed E-state index contributed by atoms with van der Waals surface area (Å²) in [7, 11) is 1.58. The van der Waals surface area contributed by atoms with Gasteiger partial charge in [0.15, 0.2) is 0 Å². The minimum atomic E-state index is -0.162. The molecule has 0 saturated carbocycles. The van der Waals surface area contributed by atoms with Crippen LogP contribution >= 0.6 is 0 Å². The lowest BCUT2D eigenvalue weighted by molar-refractivity contribution is -0.121. The van der Waals surface area contributed by atoms with Gasteiger partial charge in [-0.15, -0.1) is 0 Å². The predicted molar refractivity (Wildman–Crippen MR) is 91.9 cm³/mol. The maximum atomic E-state index is 12.6. The first-order chi connectivity index (χ1) is 12.1. The number of methoxy groups -OCH3 is 1. The summed E-state index contributed by atoms with van der Waals surface area (Å²) in [5.41, 5.74) is 1.48. The summed E-state index contributed by atoms with van der Waals surface area (Å²) < 4.78 is 10.2. The third-order valence-corrected chi connectivity index (χ3v) is 3.79. The Hall–Kier alpha value is -2.67. The number of nitrogens with zero attached hydrogens (tertiary/aromatic N) is 2. The van der Waals surface area contributed by atoms with Gasteiger partial charge in [0.2, 0.25) is 5.91 Å². The Balaban J connectivity index is 1.87. The molecule has 0 aliphatic carbocycles. The van der Waals surface area contributed by atoms with Crippen LogP contribution in [0.1, 0.15) is 28.1 Å². The normalized spacial score (nSPS) is 10.5. The summed E-state index contributed by atoms with van der Waals surface area (Å²) in [5.74, 6) is 0.288. The van der Waals surface area contributed by atoms with Crippen molar-refractivity contribution in [2.24, 2.45) is 0 Å². The van der Waals surface area contributed by atoms with E-state index in [2.05, 4.69) is 10.3 Å². The molecule has 2 aromatic heterocycles. The zero-order valence-corrected chi connectivity index (χ0v) is 14.5. The Morgan fingerprint density at radius 3 is 2.64 bits per heavy atom. The SMILES string of the molecule is COCCN(CCC(=O)NCc1ccncc1)C(=O)c1ccoc1C. The molecule has 0 saturated heterocycles. The first kappa shape index (κ1) is 18.7. The summed E-state index contributed by atoms with van der Waals surface area (Å²) in [4.78, 5) is 30.2. The maximum Gasteiger partial charge on any atom is 0.257 e. The number of carbonyl (C=O) groups excluding carboxylic acids is 2. The molecule has 0 aliphatic rings. The first-order valence-corrected chi connectivity index (χ1v) is 8.09. The van der Waals surface area contributed by atoms with Crippen molar-refractivity contribution in [2.45, 2.75) is 19.9 Å². The van der Waals surface area contributed by atoms with Crippen LogP contribution in [-0.2, 0) is 16.1 Å². The van der Waals surface area contributed by atoms with Gasteiger partial charge in [-0.1, -0.05) is 0 Å². The first-order valence-electron chi connectivity index (χ1n) is 8.09. The van der Waals surface area contributed by atoms with Gasteiger partial charge in [0.1, 0.15) is 5.76 Å². The quantitative estimate of drug-likeness (QED) is 0.749. The third kappa shape index (κ3) is 5.72. The largest absolute Gasteiger partial charge is 0.469 e. The summed E-state index contributed by atoms with van der Waals surface area (Å²) in [6.07, 6.45) is 5.07. The van der Waals surface area contributed by atoms with Gasteiger partial charge in [0, 0.05) is 45.6 Å². The number of pyridine rings is 1. The Kier molecular flexibility index (Phi) is 7.16. The number of ether oxygens (including phenoxy) is 1. The number of carbonyl (C=O) groups is 2. The number of rotatable bonds is 9. The molecule has 0 atom stereocenters. The van der Waals surface area contributed by atoms with E-state index in [-0.39, 0.29) is 18.2 Å².